The van der Waals surface area contributed by atoms with E-state index in [0.29, 0.717) is 5.92 Å². The molecule has 3 rings (SSSR count). The molecule has 0 aliphatic carbocycles. The number of aryl methyl sites for hydroxylation is 1. The molecule has 25 heavy (non-hydrogen) atoms. The van der Waals surface area contributed by atoms with Crippen molar-refractivity contribution in [3.63, 3.8) is 0 Å². The highest BCUT2D eigenvalue weighted by atomic mass is 32.1. The van der Waals surface area contributed by atoms with E-state index >= 15 is 0 Å². The highest BCUT2D eigenvalue weighted by molar-refractivity contribution is 7.15. The molecule has 1 unspecified atom stereocenters. The molecule has 1 fully saturated rings. The van der Waals surface area contributed by atoms with E-state index < -0.39 is 0 Å². The van der Waals surface area contributed by atoms with Gasteiger partial charge in [0.1, 0.15) is 5.69 Å². The van der Waals surface area contributed by atoms with Gasteiger partial charge in [-0.25, -0.2) is 4.98 Å². The summed E-state index contributed by atoms with van der Waals surface area (Å²) in [5, 5.41) is 1.03. The lowest BCUT2D eigenvalue weighted by Gasteiger charge is -2.36. The number of amides is 1. The fraction of sp³-hybridized carbons (Fsp3) is 0.579. The second-order valence-corrected chi connectivity index (χ2v) is 9.04. The van der Waals surface area contributed by atoms with Gasteiger partial charge in [-0.2, -0.15) is 0 Å². The molecule has 0 bridgehead atoms. The van der Waals surface area contributed by atoms with Crippen molar-refractivity contribution in [1.29, 1.82) is 0 Å². The Morgan fingerprint density at radius 1 is 1.28 bits per heavy atom. The molecular weight excluding hydrogens is 332 g/mol. The van der Waals surface area contributed by atoms with Crippen molar-refractivity contribution in [3.05, 3.63) is 29.3 Å². The summed E-state index contributed by atoms with van der Waals surface area (Å²) in [4.78, 5) is 29.2. The third-order valence-corrected chi connectivity index (χ3v) is 5.48. The Kier molecular flexibility index (Phi) is 5.18. The summed E-state index contributed by atoms with van der Waals surface area (Å²) in [5.41, 5.74) is 1.63. The van der Waals surface area contributed by atoms with Crippen molar-refractivity contribution in [2.75, 3.05) is 13.1 Å². The topological polar surface area (TPSA) is 59.0 Å². The van der Waals surface area contributed by atoms with Gasteiger partial charge in [0, 0.05) is 37.1 Å². The number of hydrogen-bond donors (Lipinski definition) is 0. The fourth-order valence-electron chi connectivity index (χ4n) is 3.36. The molecule has 0 spiro atoms. The molecule has 1 amide bonds. The van der Waals surface area contributed by atoms with Crippen LogP contribution in [0, 0.1) is 18.3 Å². The predicted octanol–water partition coefficient (Wildman–Crippen LogP) is 3.74. The first kappa shape index (κ1) is 18.0. The van der Waals surface area contributed by atoms with Crippen molar-refractivity contribution in [2.24, 2.45) is 11.3 Å². The molecule has 0 aromatic carbocycles. The number of rotatable bonds is 3. The number of likely N-dealkylation sites (tertiary alicyclic amines) is 1. The largest absolute Gasteiger partial charge is 0.342 e. The molecule has 5 nitrogen and oxygen atoms in total. The average molecular weight is 359 g/mol. The molecule has 1 atom stereocenters. The quantitative estimate of drug-likeness (QED) is 0.839. The van der Waals surface area contributed by atoms with Crippen LogP contribution in [0.25, 0.3) is 10.6 Å². The highest BCUT2D eigenvalue weighted by Gasteiger charge is 2.31. The monoisotopic (exact) mass is 358 g/mol. The van der Waals surface area contributed by atoms with Crippen molar-refractivity contribution < 1.29 is 4.79 Å². The Balaban J connectivity index is 1.76. The van der Waals surface area contributed by atoms with E-state index in [2.05, 4.69) is 15.0 Å². The van der Waals surface area contributed by atoms with Crippen LogP contribution in [0.5, 0.6) is 0 Å². The summed E-state index contributed by atoms with van der Waals surface area (Å²) >= 11 is 1.65. The minimum absolute atomic E-state index is 0.245. The van der Waals surface area contributed by atoms with Crippen LogP contribution in [-0.2, 0) is 11.2 Å². The first-order valence-corrected chi connectivity index (χ1v) is 9.68. The van der Waals surface area contributed by atoms with Crippen molar-refractivity contribution in [2.45, 2.75) is 47.0 Å². The third kappa shape index (κ3) is 4.24. The van der Waals surface area contributed by atoms with Crippen LogP contribution < -0.4 is 0 Å². The Morgan fingerprint density at radius 2 is 2.04 bits per heavy atom. The van der Waals surface area contributed by atoms with Gasteiger partial charge in [0.25, 0.3) is 0 Å². The average Bonchev–Trinajstić information content (AvgIpc) is 3.00. The molecule has 1 aliphatic heterocycles. The first-order valence-electron chi connectivity index (χ1n) is 8.86. The second kappa shape index (κ2) is 7.20. The Bertz CT molecular complexity index is 750. The smallest absolute Gasteiger partial charge is 0.227 e. The normalized spacial score (nSPS) is 18.4. The minimum atomic E-state index is -0.320. The van der Waals surface area contributed by atoms with Gasteiger partial charge < -0.3 is 4.90 Å². The van der Waals surface area contributed by atoms with Gasteiger partial charge in [0.2, 0.25) is 5.91 Å². The number of thiazole rings is 1. The summed E-state index contributed by atoms with van der Waals surface area (Å²) in [5.74, 6) is 0.680. The van der Waals surface area contributed by atoms with Crippen LogP contribution in [-0.4, -0.2) is 38.8 Å². The summed E-state index contributed by atoms with van der Waals surface area (Å²) < 4.78 is 0. The molecule has 1 saturated heterocycles. The maximum absolute atomic E-state index is 12.6. The predicted molar refractivity (Wildman–Crippen MR) is 100 cm³/mol. The van der Waals surface area contributed by atoms with Gasteiger partial charge in [0.15, 0.2) is 0 Å². The molecular formula is C19H26N4OS. The number of hydrogen-bond acceptors (Lipinski definition) is 5. The molecule has 0 N–H and O–H groups in total. The second-order valence-electron chi connectivity index (χ2n) is 7.81. The van der Waals surface area contributed by atoms with E-state index in [4.69, 9.17) is 0 Å². The SMILES string of the molecule is Cc1ncc(-c2nccnc2CC2CCCN(C(=O)C(C)(C)C)C2)s1. The van der Waals surface area contributed by atoms with E-state index in [1.165, 1.54) is 0 Å². The van der Waals surface area contributed by atoms with E-state index in [0.717, 1.165) is 53.6 Å². The van der Waals surface area contributed by atoms with Crippen LogP contribution in [0.3, 0.4) is 0 Å². The summed E-state index contributed by atoms with van der Waals surface area (Å²) in [6, 6.07) is 0. The van der Waals surface area contributed by atoms with Crippen LogP contribution in [0.2, 0.25) is 0 Å². The van der Waals surface area contributed by atoms with E-state index in [1.807, 2.05) is 38.8 Å². The van der Waals surface area contributed by atoms with Crippen molar-refractivity contribution in [3.8, 4) is 10.6 Å². The Labute approximate surface area is 153 Å². The minimum Gasteiger partial charge on any atom is -0.342 e. The third-order valence-electron chi connectivity index (χ3n) is 4.56. The molecule has 1 aliphatic rings. The van der Waals surface area contributed by atoms with Crippen molar-refractivity contribution in [1.82, 2.24) is 19.9 Å². The van der Waals surface area contributed by atoms with Crippen LogP contribution in [0.15, 0.2) is 18.6 Å². The molecule has 2 aromatic rings. The summed E-state index contributed by atoms with van der Waals surface area (Å²) in [6.07, 6.45) is 8.42. The van der Waals surface area contributed by atoms with Gasteiger partial charge in [-0.3, -0.25) is 14.8 Å². The number of piperidine rings is 1. The zero-order valence-electron chi connectivity index (χ0n) is 15.5. The molecule has 0 radical (unpaired) electrons. The number of nitrogens with zero attached hydrogens (tertiary/aromatic N) is 4. The highest BCUT2D eigenvalue weighted by Crippen LogP contribution is 2.30. The molecule has 134 valence electrons. The summed E-state index contributed by atoms with van der Waals surface area (Å²) in [6.45, 7) is 9.66. The number of carbonyl (C=O) groups excluding carboxylic acids is 1. The van der Waals surface area contributed by atoms with Crippen LogP contribution in [0.1, 0.15) is 44.3 Å². The van der Waals surface area contributed by atoms with E-state index in [1.54, 1.807) is 23.7 Å². The fourth-order valence-corrected chi connectivity index (χ4v) is 4.15. The number of carbonyl (C=O) groups is 1. The lowest BCUT2D eigenvalue weighted by Crippen LogP contribution is -2.45. The zero-order valence-corrected chi connectivity index (χ0v) is 16.3. The first-order chi connectivity index (χ1) is 11.8. The van der Waals surface area contributed by atoms with Gasteiger partial charge >= 0.3 is 0 Å². The van der Waals surface area contributed by atoms with E-state index in [9.17, 15) is 4.79 Å². The van der Waals surface area contributed by atoms with Crippen molar-refractivity contribution >= 4 is 17.2 Å². The molecule has 3 heterocycles. The Hall–Kier alpha value is -1.82. The molecule has 2 aromatic heterocycles. The lowest BCUT2D eigenvalue weighted by atomic mass is 9.89. The number of aromatic nitrogens is 3. The Morgan fingerprint density at radius 3 is 2.72 bits per heavy atom. The van der Waals surface area contributed by atoms with Crippen LogP contribution >= 0.6 is 11.3 Å². The summed E-state index contributed by atoms with van der Waals surface area (Å²) in [7, 11) is 0. The standard InChI is InChI=1S/C19H26N4OS/c1-13-22-11-16(25-13)17-15(20-7-8-21-17)10-14-6-5-9-23(12-14)18(24)19(2,3)4/h7-8,11,14H,5-6,9-10,12H2,1-4H3. The van der Waals surface area contributed by atoms with Crippen LogP contribution in [0.4, 0.5) is 0 Å². The molecule has 6 heteroatoms. The maximum atomic E-state index is 12.6. The van der Waals surface area contributed by atoms with Gasteiger partial charge in [-0.05, 0) is 32.1 Å². The lowest BCUT2D eigenvalue weighted by molar-refractivity contribution is -0.141. The van der Waals surface area contributed by atoms with Gasteiger partial charge in [0.05, 0.1) is 15.6 Å². The van der Waals surface area contributed by atoms with Gasteiger partial charge in [-0.1, -0.05) is 20.8 Å². The maximum Gasteiger partial charge on any atom is 0.227 e. The van der Waals surface area contributed by atoms with E-state index in [-0.39, 0.29) is 11.3 Å². The molecule has 0 saturated carbocycles. The zero-order chi connectivity index (χ0) is 18.0. The van der Waals surface area contributed by atoms with Gasteiger partial charge in [-0.15, -0.1) is 11.3 Å².